The molecule has 0 aliphatic carbocycles. The minimum absolute atomic E-state index is 0.0715. The summed E-state index contributed by atoms with van der Waals surface area (Å²) in [5.74, 6) is -0.885. The minimum atomic E-state index is -0.531. The molecule has 3 aromatic rings. The standard InChI is InChI=1S/C21H23N5O3/c1-14(16-6-4-3-5-7-16)26-13-17(10-18(21(26)29)20(28)22-2)19(27)23-9-8-15-11-24-25-12-15/h3-7,10-14H,8-9H2,1-2H3,(H,22,28)(H,23,27)(H,24,25). The van der Waals surface area contributed by atoms with E-state index in [1.54, 1.807) is 12.4 Å². The predicted molar refractivity (Wildman–Crippen MR) is 109 cm³/mol. The number of carbonyl (C=O) groups is 2. The molecule has 0 saturated carbocycles. The van der Waals surface area contributed by atoms with Gasteiger partial charge in [0.1, 0.15) is 5.56 Å². The first-order valence-corrected chi connectivity index (χ1v) is 9.30. The van der Waals surface area contributed by atoms with E-state index in [1.165, 1.54) is 23.9 Å². The highest BCUT2D eigenvalue weighted by molar-refractivity contribution is 5.99. The molecule has 1 unspecified atom stereocenters. The van der Waals surface area contributed by atoms with Crippen LogP contribution in [-0.2, 0) is 6.42 Å². The van der Waals surface area contributed by atoms with Gasteiger partial charge in [-0.3, -0.25) is 19.5 Å². The van der Waals surface area contributed by atoms with Crippen molar-refractivity contribution in [2.75, 3.05) is 13.6 Å². The molecule has 3 rings (SSSR count). The van der Waals surface area contributed by atoms with Gasteiger partial charge in [-0.15, -0.1) is 0 Å². The van der Waals surface area contributed by atoms with Crippen LogP contribution in [0.3, 0.4) is 0 Å². The van der Waals surface area contributed by atoms with Gasteiger partial charge >= 0.3 is 0 Å². The molecule has 0 bridgehead atoms. The van der Waals surface area contributed by atoms with Gasteiger partial charge in [0.15, 0.2) is 0 Å². The van der Waals surface area contributed by atoms with Gasteiger partial charge in [0.25, 0.3) is 17.4 Å². The first-order valence-electron chi connectivity index (χ1n) is 9.30. The van der Waals surface area contributed by atoms with Crippen LogP contribution in [0.1, 0.15) is 44.8 Å². The fourth-order valence-corrected chi connectivity index (χ4v) is 3.04. The number of carbonyl (C=O) groups excluding carboxylic acids is 2. The highest BCUT2D eigenvalue weighted by atomic mass is 16.2. The summed E-state index contributed by atoms with van der Waals surface area (Å²) in [7, 11) is 1.45. The van der Waals surface area contributed by atoms with Crippen molar-refractivity contribution < 1.29 is 9.59 Å². The zero-order valence-electron chi connectivity index (χ0n) is 16.3. The SMILES string of the molecule is CNC(=O)c1cc(C(=O)NCCc2cn[nH]c2)cn(C(C)c2ccccc2)c1=O. The number of amides is 2. The Morgan fingerprint density at radius 2 is 1.97 bits per heavy atom. The van der Waals surface area contributed by atoms with Crippen molar-refractivity contribution in [3.63, 3.8) is 0 Å². The number of hydrogen-bond acceptors (Lipinski definition) is 4. The van der Waals surface area contributed by atoms with E-state index in [9.17, 15) is 14.4 Å². The van der Waals surface area contributed by atoms with Crippen LogP contribution in [0.15, 0.2) is 59.8 Å². The largest absolute Gasteiger partial charge is 0.355 e. The number of rotatable bonds is 7. The molecule has 8 heteroatoms. The molecule has 1 atom stereocenters. The molecular weight excluding hydrogens is 370 g/mol. The van der Waals surface area contributed by atoms with Crippen LogP contribution >= 0.6 is 0 Å². The Bertz CT molecular complexity index is 1040. The van der Waals surface area contributed by atoms with Crippen molar-refractivity contribution in [2.24, 2.45) is 0 Å². The Morgan fingerprint density at radius 1 is 1.21 bits per heavy atom. The molecule has 2 amide bonds. The van der Waals surface area contributed by atoms with E-state index in [0.717, 1.165) is 11.1 Å². The summed E-state index contributed by atoms with van der Waals surface area (Å²) in [4.78, 5) is 37.8. The van der Waals surface area contributed by atoms with Crippen LogP contribution in [0.25, 0.3) is 0 Å². The quantitative estimate of drug-likeness (QED) is 0.565. The Hall–Kier alpha value is -3.68. The van der Waals surface area contributed by atoms with Gasteiger partial charge in [0, 0.05) is 26.0 Å². The summed E-state index contributed by atoms with van der Waals surface area (Å²) in [5, 5.41) is 11.9. The van der Waals surface area contributed by atoms with Gasteiger partial charge in [-0.2, -0.15) is 5.10 Å². The smallest absolute Gasteiger partial charge is 0.264 e. The summed E-state index contributed by atoms with van der Waals surface area (Å²) in [6, 6.07) is 10.4. The van der Waals surface area contributed by atoms with Crippen LogP contribution in [0.2, 0.25) is 0 Å². The molecule has 1 aromatic carbocycles. The van der Waals surface area contributed by atoms with Crippen LogP contribution < -0.4 is 16.2 Å². The number of H-pyrrole nitrogens is 1. The number of nitrogens with one attached hydrogen (secondary N) is 3. The number of aromatic amines is 1. The molecular formula is C21H23N5O3. The lowest BCUT2D eigenvalue weighted by atomic mass is 10.1. The third-order valence-electron chi connectivity index (χ3n) is 4.73. The van der Waals surface area contributed by atoms with Crippen LogP contribution in [0.5, 0.6) is 0 Å². The zero-order valence-corrected chi connectivity index (χ0v) is 16.3. The second-order valence-electron chi connectivity index (χ2n) is 6.63. The van der Waals surface area contributed by atoms with Crippen molar-refractivity contribution in [3.8, 4) is 0 Å². The topological polar surface area (TPSA) is 109 Å². The monoisotopic (exact) mass is 393 g/mol. The average Bonchev–Trinajstić information content (AvgIpc) is 3.27. The normalized spacial score (nSPS) is 11.7. The average molecular weight is 393 g/mol. The Kier molecular flexibility index (Phi) is 6.23. The number of hydrogen-bond donors (Lipinski definition) is 3. The molecule has 2 aromatic heterocycles. The molecule has 0 spiro atoms. The molecule has 150 valence electrons. The van der Waals surface area contributed by atoms with Crippen molar-refractivity contribution in [2.45, 2.75) is 19.4 Å². The maximum absolute atomic E-state index is 12.9. The molecule has 29 heavy (non-hydrogen) atoms. The van der Waals surface area contributed by atoms with E-state index in [4.69, 9.17) is 0 Å². The van der Waals surface area contributed by atoms with Crippen molar-refractivity contribution >= 4 is 11.8 Å². The Morgan fingerprint density at radius 3 is 2.62 bits per heavy atom. The lowest BCUT2D eigenvalue weighted by Crippen LogP contribution is -2.35. The molecule has 2 heterocycles. The fourth-order valence-electron chi connectivity index (χ4n) is 3.04. The second kappa shape index (κ2) is 9.01. The van der Waals surface area contributed by atoms with E-state index < -0.39 is 11.5 Å². The predicted octanol–water partition coefficient (Wildman–Crippen LogP) is 1.51. The molecule has 0 radical (unpaired) electrons. The van der Waals surface area contributed by atoms with Crippen LogP contribution in [0, 0.1) is 0 Å². The molecule has 0 fully saturated rings. The van der Waals surface area contributed by atoms with Crippen molar-refractivity contribution in [1.82, 2.24) is 25.4 Å². The van der Waals surface area contributed by atoms with Crippen molar-refractivity contribution in [1.29, 1.82) is 0 Å². The minimum Gasteiger partial charge on any atom is -0.355 e. The van der Waals surface area contributed by atoms with Gasteiger partial charge in [0.05, 0.1) is 17.8 Å². The zero-order chi connectivity index (χ0) is 20.8. The van der Waals surface area contributed by atoms with Gasteiger partial charge in [-0.05, 0) is 30.5 Å². The summed E-state index contributed by atoms with van der Waals surface area (Å²) < 4.78 is 1.42. The number of nitrogens with zero attached hydrogens (tertiary/aromatic N) is 2. The molecule has 0 aliphatic heterocycles. The molecule has 3 N–H and O–H groups in total. The maximum Gasteiger partial charge on any atom is 0.264 e. The first kappa shape index (κ1) is 20.1. The maximum atomic E-state index is 12.9. The third kappa shape index (κ3) is 4.60. The highest BCUT2D eigenvalue weighted by Crippen LogP contribution is 2.17. The van der Waals surface area contributed by atoms with Gasteiger partial charge < -0.3 is 15.2 Å². The van der Waals surface area contributed by atoms with Gasteiger partial charge in [0.2, 0.25) is 0 Å². The van der Waals surface area contributed by atoms with Gasteiger partial charge in [-0.1, -0.05) is 30.3 Å². The Balaban J connectivity index is 1.91. The molecule has 8 nitrogen and oxygen atoms in total. The summed E-state index contributed by atoms with van der Waals surface area (Å²) in [6.45, 7) is 2.26. The lowest BCUT2D eigenvalue weighted by molar-refractivity contribution is 0.0953. The lowest BCUT2D eigenvalue weighted by Gasteiger charge is -2.18. The molecule has 0 aliphatic rings. The van der Waals surface area contributed by atoms with E-state index in [-0.39, 0.29) is 23.1 Å². The van der Waals surface area contributed by atoms with Crippen LogP contribution in [0.4, 0.5) is 0 Å². The second-order valence-corrected chi connectivity index (χ2v) is 6.63. The van der Waals surface area contributed by atoms with Gasteiger partial charge in [-0.25, -0.2) is 0 Å². The summed E-state index contributed by atoms with van der Waals surface area (Å²) in [6.07, 6.45) is 5.57. The number of aromatic nitrogens is 3. The fraction of sp³-hybridized carbons (Fsp3) is 0.238. The number of benzene rings is 1. The van der Waals surface area contributed by atoms with Crippen molar-refractivity contribution in [3.05, 3.63) is 87.6 Å². The summed E-state index contributed by atoms with van der Waals surface area (Å²) in [5.41, 5.74) is 1.60. The number of pyridine rings is 1. The van der Waals surface area contributed by atoms with E-state index in [2.05, 4.69) is 20.8 Å². The first-order chi connectivity index (χ1) is 14.0. The van der Waals surface area contributed by atoms with Crippen LogP contribution in [-0.4, -0.2) is 40.2 Å². The third-order valence-corrected chi connectivity index (χ3v) is 4.73. The Labute approximate surface area is 168 Å². The van der Waals surface area contributed by atoms with E-state index in [0.29, 0.717) is 13.0 Å². The molecule has 0 saturated heterocycles. The van der Waals surface area contributed by atoms with E-state index in [1.807, 2.05) is 37.3 Å². The van der Waals surface area contributed by atoms with E-state index >= 15 is 0 Å². The highest BCUT2D eigenvalue weighted by Gasteiger charge is 2.19. The summed E-state index contributed by atoms with van der Waals surface area (Å²) >= 11 is 0.